The Bertz CT molecular complexity index is 132. The summed E-state index contributed by atoms with van der Waals surface area (Å²) in [5.74, 6) is 0. The second-order valence-electron chi connectivity index (χ2n) is 6.25. The van der Waals surface area contributed by atoms with Gasteiger partial charge in [0.15, 0.2) is 0 Å². The van der Waals surface area contributed by atoms with Gasteiger partial charge in [0.25, 0.3) is 0 Å². The second kappa shape index (κ2) is 6.89. The summed E-state index contributed by atoms with van der Waals surface area (Å²) in [5.41, 5.74) is 0. The van der Waals surface area contributed by atoms with E-state index in [-0.39, 0.29) is 0 Å². The molecule has 0 nitrogen and oxygen atoms in total. The number of rotatable bonds is 9. The molecule has 0 aliphatic rings. The van der Waals surface area contributed by atoms with Crippen LogP contribution >= 0.6 is 6.60 Å². The van der Waals surface area contributed by atoms with Gasteiger partial charge in [-0.15, -0.1) is 0 Å². The molecule has 0 bridgehead atoms. The van der Waals surface area contributed by atoms with Crippen molar-refractivity contribution in [2.24, 2.45) is 0 Å². The summed E-state index contributed by atoms with van der Waals surface area (Å²) >= 11 is 0. The summed E-state index contributed by atoms with van der Waals surface area (Å²) < 4.78 is 0. The van der Waals surface area contributed by atoms with E-state index < -0.39 is 6.60 Å². The summed E-state index contributed by atoms with van der Waals surface area (Å²) in [4.78, 5) is 0. The van der Waals surface area contributed by atoms with E-state index in [2.05, 4.69) is 34.1 Å². The molecule has 0 aromatic carbocycles. The molecule has 0 aliphatic heterocycles. The van der Waals surface area contributed by atoms with Crippen molar-refractivity contribution in [2.75, 3.05) is 31.8 Å². The van der Waals surface area contributed by atoms with Crippen LogP contribution in [-0.4, -0.2) is 31.8 Å². The first-order valence-corrected chi connectivity index (χ1v) is 10.7. The van der Waals surface area contributed by atoms with Crippen LogP contribution in [0.5, 0.6) is 0 Å². The molecule has 0 rings (SSSR count). The molecule has 0 radical (unpaired) electrons. The fourth-order valence-electron chi connectivity index (χ4n) is 2.43. The van der Waals surface area contributed by atoms with E-state index in [9.17, 15) is 0 Å². The van der Waals surface area contributed by atoms with Crippen LogP contribution in [0.25, 0.3) is 0 Å². The average Bonchev–Trinajstić information content (AvgIpc) is 2.22. The molecule has 0 amide bonds. The predicted octanol–water partition coefficient (Wildman–Crippen LogP) is 5.20. The summed E-state index contributed by atoms with van der Waals surface area (Å²) in [5, 5.41) is 0. The molecule has 0 saturated carbocycles. The Balaban J connectivity index is 4.33. The minimum atomic E-state index is -1.28. The molecule has 0 aromatic heterocycles. The van der Waals surface area contributed by atoms with Crippen molar-refractivity contribution in [1.29, 1.82) is 0 Å². The van der Waals surface area contributed by atoms with Crippen LogP contribution < -0.4 is 0 Å². The van der Waals surface area contributed by atoms with Gasteiger partial charge >= 0.3 is 97.7 Å². The molecule has 0 N–H and O–H groups in total. The van der Waals surface area contributed by atoms with Gasteiger partial charge < -0.3 is 0 Å². The fraction of sp³-hybridized carbons (Fsp3) is 1.00. The van der Waals surface area contributed by atoms with E-state index in [1.54, 1.807) is 18.5 Å². The van der Waals surface area contributed by atoms with Gasteiger partial charge in [-0.05, 0) is 0 Å². The summed E-state index contributed by atoms with van der Waals surface area (Å²) in [7, 11) is 0. The minimum absolute atomic E-state index is 1.28. The Morgan fingerprint density at radius 2 is 0.867 bits per heavy atom. The third-order valence-electron chi connectivity index (χ3n) is 3.83. The Kier molecular flexibility index (Phi) is 7.09. The van der Waals surface area contributed by atoms with E-state index in [1.165, 1.54) is 38.5 Å². The zero-order valence-corrected chi connectivity index (χ0v) is 12.7. The van der Waals surface area contributed by atoms with Crippen molar-refractivity contribution < 1.29 is 0 Å². The van der Waals surface area contributed by atoms with Crippen molar-refractivity contribution >= 4 is 6.60 Å². The maximum atomic E-state index is 2.66. The Labute approximate surface area is 98.2 Å². The average molecular weight is 232 g/mol. The molecule has 1 heteroatoms. The molecular formula is C14H33P. The molecule has 15 heavy (non-hydrogen) atoms. The molecule has 0 fully saturated rings. The van der Waals surface area contributed by atoms with Crippen LogP contribution in [0, 0.1) is 0 Å². The number of hydrogen-bond donors (Lipinski definition) is 0. The van der Waals surface area contributed by atoms with Crippen molar-refractivity contribution in [3.05, 3.63) is 0 Å². The summed E-state index contributed by atoms with van der Waals surface area (Å²) in [6.45, 7) is 11.0. The van der Waals surface area contributed by atoms with Gasteiger partial charge in [-0.3, -0.25) is 0 Å². The molecule has 0 spiro atoms. The van der Waals surface area contributed by atoms with Crippen LogP contribution in [0.1, 0.15) is 59.3 Å². The number of unbranched alkanes of at least 4 members (excludes halogenated alkanes) is 3. The molecule has 0 unspecified atom stereocenters. The standard InChI is InChI=1S/C14H33P/c1-6-9-12-15(4,5,13-10-7-2)14-11-8-3/h6-14H2,1-5H3. The van der Waals surface area contributed by atoms with Gasteiger partial charge in [0.1, 0.15) is 0 Å². The van der Waals surface area contributed by atoms with Crippen LogP contribution in [-0.2, 0) is 0 Å². The van der Waals surface area contributed by atoms with Gasteiger partial charge in [0, 0.05) is 0 Å². The Hall–Kier alpha value is 0.430. The van der Waals surface area contributed by atoms with Crippen molar-refractivity contribution in [2.45, 2.75) is 59.3 Å². The van der Waals surface area contributed by atoms with Gasteiger partial charge in [-0.25, -0.2) is 0 Å². The van der Waals surface area contributed by atoms with Crippen molar-refractivity contribution in [3.63, 3.8) is 0 Å². The van der Waals surface area contributed by atoms with E-state index in [4.69, 9.17) is 0 Å². The Morgan fingerprint density at radius 1 is 0.600 bits per heavy atom. The molecule has 94 valence electrons. The Morgan fingerprint density at radius 3 is 1.07 bits per heavy atom. The van der Waals surface area contributed by atoms with E-state index in [0.717, 1.165) is 0 Å². The van der Waals surface area contributed by atoms with Crippen molar-refractivity contribution in [3.8, 4) is 0 Å². The van der Waals surface area contributed by atoms with E-state index in [0.29, 0.717) is 0 Å². The second-order valence-corrected chi connectivity index (χ2v) is 13.6. The van der Waals surface area contributed by atoms with Crippen LogP contribution in [0.15, 0.2) is 0 Å². The van der Waals surface area contributed by atoms with Gasteiger partial charge in [0.05, 0.1) is 0 Å². The quantitative estimate of drug-likeness (QED) is 0.479. The van der Waals surface area contributed by atoms with Gasteiger partial charge in [0.2, 0.25) is 0 Å². The summed E-state index contributed by atoms with van der Waals surface area (Å²) in [6, 6.07) is 0. The van der Waals surface area contributed by atoms with E-state index >= 15 is 0 Å². The molecule has 0 aliphatic carbocycles. The van der Waals surface area contributed by atoms with Crippen LogP contribution in [0.3, 0.4) is 0 Å². The molecule has 0 atom stereocenters. The fourth-order valence-corrected chi connectivity index (χ4v) is 7.29. The van der Waals surface area contributed by atoms with Gasteiger partial charge in [-0.1, -0.05) is 0 Å². The number of hydrogen-bond acceptors (Lipinski definition) is 0. The third kappa shape index (κ3) is 6.56. The van der Waals surface area contributed by atoms with E-state index in [1.807, 2.05) is 0 Å². The topological polar surface area (TPSA) is 0 Å². The third-order valence-corrected chi connectivity index (χ3v) is 9.35. The van der Waals surface area contributed by atoms with Crippen molar-refractivity contribution in [1.82, 2.24) is 0 Å². The monoisotopic (exact) mass is 232 g/mol. The zero-order chi connectivity index (χ0) is 11.8. The predicted molar refractivity (Wildman–Crippen MR) is 78.1 cm³/mol. The van der Waals surface area contributed by atoms with Gasteiger partial charge in [-0.2, -0.15) is 0 Å². The first-order chi connectivity index (χ1) is 6.96. The normalized spacial score (nSPS) is 14.9. The zero-order valence-electron chi connectivity index (χ0n) is 11.8. The van der Waals surface area contributed by atoms with Crippen LogP contribution in [0.4, 0.5) is 0 Å². The summed E-state index contributed by atoms with van der Waals surface area (Å²) in [6.07, 6.45) is 13.1. The molecular weight excluding hydrogens is 199 g/mol. The molecule has 0 saturated heterocycles. The SMILES string of the molecule is CCCCP(C)(C)(CCCC)CCCC. The molecule has 0 aromatic rings. The first-order valence-electron chi connectivity index (χ1n) is 6.96. The first kappa shape index (κ1) is 15.4. The van der Waals surface area contributed by atoms with Crippen LogP contribution in [0.2, 0.25) is 0 Å². The maximum absolute atomic E-state index is 2.66. The molecule has 0 heterocycles.